The monoisotopic (exact) mass is 411 g/mol. The first kappa shape index (κ1) is 19.2. The summed E-state index contributed by atoms with van der Waals surface area (Å²) < 4.78 is 1.70. The molecule has 3 aromatic rings. The summed E-state index contributed by atoms with van der Waals surface area (Å²) in [5, 5.41) is 16.4. The van der Waals surface area contributed by atoms with Gasteiger partial charge in [-0.3, -0.25) is 0 Å². The Morgan fingerprint density at radius 2 is 1.72 bits per heavy atom. The molecule has 1 N–H and O–H groups in total. The highest BCUT2D eigenvalue weighted by Gasteiger charge is 2.22. The number of urea groups is 1. The van der Waals surface area contributed by atoms with Crippen LogP contribution in [-0.2, 0) is 0 Å². The first-order valence-electron chi connectivity index (χ1n) is 9.43. The van der Waals surface area contributed by atoms with Crippen molar-refractivity contribution in [2.75, 3.05) is 36.4 Å². The van der Waals surface area contributed by atoms with Gasteiger partial charge in [-0.15, -0.1) is 10.2 Å². The number of hydrogen-bond donors (Lipinski definition) is 1. The molecule has 4 rings (SSSR count). The Balaban J connectivity index is 1.34. The molecule has 0 spiro atoms. The number of rotatable bonds is 3. The third kappa shape index (κ3) is 4.32. The third-order valence-electron chi connectivity index (χ3n) is 4.85. The van der Waals surface area contributed by atoms with Crippen molar-refractivity contribution in [1.82, 2.24) is 24.9 Å². The van der Waals surface area contributed by atoms with Gasteiger partial charge in [-0.25, -0.2) is 9.48 Å². The second-order valence-corrected chi connectivity index (χ2v) is 7.45. The quantitative estimate of drug-likeness (QED) is 0.715. The smallest absolute Gasteiger partial charge is 0.322 e. The standard InChI is InChI=1S/C20H22ClN7O/c1-14-3-4-17(16(21)13-14)22-20(29)27-11-9-26(10-12-27)18-5-6-19(24-23-18)28-8-7-15(2)25-28/h3-8,13H,9-12H2,1-2H3,(H,22,29). The molecular weight excluding hydrogens is 390 g/mol. The number of nitrogens with zero attached hydrogens (tertiary/aromatic N) is 6. The molecule has 2 aromatic heterocycles. The van der Waals surface area contributed by atoms with Gasteiger partial charge in [0.05, 0.1) is 16.4 Å². The lowest BCUT2D eigenvalue weighted by Gasteiger charge is -2.35. The van der Waals surface area contributed by atoms with E-state index in [0.717, 1.165) is 17.1 Å². The third-order valence-corrected chi connectivity index (χ3v) is 5.16. The van der Waals surface area contributed by atoms with E-state index < -0.39 is 0 Å². The van der Waals surface area contributed by atoms with Crippen LogP contribution in [0.5, 0.6) is 0 Å². The van der Waals surface area contributed by atoms with E-state index >= 15 is 0 Å². The average Bonchev–Trinajstić information content (AvgIpc) is 3.17. The number of hydrogen-bond acceptors (Lipinski definition) is 5. The zero-order chi connectivity index (χ0) is 20.4. The van der Waals surface area contributed by atoms with Gasteiger partial charge in [-0.05, 0) is 49.7 Å². The zero-order valence-electron chi connectivity index (χ0n) is 16.3. The average molecular weight is 412 g/mol. The van der Waals surface area contributed by atoms with E-state index in [1.165, 1.54) is 0 Å². The number of anilines is 2. The maximum Gasteiger partial charge on any atom is 0.322 e. The van der Waals surface area contributed by atoms with Crippen LogP contribution in [0, 0.1) is 13.8 Å². The summed E-state index contributed by atoms with van der Waals surface area (Å²) in [7, 11) is 0. The van der Waals surface area contributed by atoms with Gasteiger partial charge in [0, 0.05) is 32.4 Å². The van der Waals surface area contributed by atoms with Gasteiger partial charge in [0.15, 0.2) is 11.6 Å². The van der Waals surface area contributed by atoms with Crippen LogP contribution in [0.1, 0.15) is 11.3 Å². The van der Waals surface area contributed by atoms with Crippen molar-refractivity contribution in [3.05, 3.63) is 58.9 Å². The van der Waals surface area contributed by atoms with E-state index in [-0.39, 0.29) is 6.03 Å². The number of aryl methyl sites for hydroxylation is 2. The van der Waals surface area contributed by atoms with Gasteiger partial charge in [0.25, 0.3) is 0 Å². The summed E-state index contributed by atoms with van der Waals surface area (Å²) in [4.78, 5) is 16.4. The lowest BCUT2D eigenvalue weighted by molar-refractivity contribution is 0.208. The Hall–Kier alpha value is -3.13. The summed E-state index contributed by atoms with van der Waals surface area (Å²) in [5.74, 6) is 1.47. The van der Waals surface area contributed by atoms with E-state index in [1.54, 1.807) is 9.58 Å². The van der Waals surface area contributed by atoms with Crippen molar-refractivity contribution >= 4 is 29.1 Å². The summed E-state index contributed by atoms with van der Waals surface area (Å²) >= 11 is 6.21. The van der Waals surface area contributed by atoms with Crippen LogP contribution in [0.2, 0.25) is 5.02 Å². The van der Waals surface area contributed by atoms with Crippen LogP contribution in [0.4, 0.5) is 16.3 Å². The molecule has 0 unspecified atom stereocenters. The molecule has 8 nitrogen and oxygen atoms in total. The second kappa shape index (κ2) is 8.08. The molecule has 1 aliphatic heterocycles. The largest absolute Gasteiger partial charge is 0.352 e. The molecule has 9 heteroatoms. The fraction of sp³-hybridized carbons (Fsp3) is 0.300. The SMILES string of the molecule is Cc1ccc(NC(=O)N2CCN(c3ccc(-n4ccc(C)n4)nn3)CC2)c(Cl)c1. The number of amides is 2. The number of nitrogens with one attached hydrogen (secondary N) is 1. The summed E-state index contributed by atoms with van der Waals surface area (Å²) in [6, 6.07) is 11.2. The van der Waals surface area contributed by atoms with Crippen molar-refractivity contribution in [2.45, 2.75) is 13.8 Å². The summed E-state index contributed by atoms with van der Waals surface area (Å²) in [5.41, 5.74) is 2.61. The minimum Gasteiger partial charge on any atom is -0.352 e. The normalized spacial score (nSPS) is 14.2. The molecular formula is C20H22ClN7O. The van der Waals surface area contributed by atoms with Gasteiger partial charge < -0.3 is 15.1 Å². The molecule has 0 atom stereocenters. The molecule has 0 radical (unpaired) electrons. The number of piperazine rings is 1. The summed E-state index contributed by atoms with van der Waals surface area (Å²) in [6.45, 7) is 6.45. The highest BCUT2D eigenvalue weighted by atomic mass is 35.5. The Kier molecular flexibility index (Phi) is 5.35. The molecule has 0 bridgehead atoms. The maximum atomic E-state index is 12.6. The minimum atomic E-state index is -0.147. The van der Waals surface area contributed by atoms with E-state index in [0.29, 0.717) is 42.7 Å². The topological polar surface area (TPSA) is 79.2 Å². The molecule has 0 saturated carbocycles. The van der Waals surface area contributed by atoms with Gasteiger partial charge in [0.1, 0.15) is 0 Å². The van der Waals surface area contributed by atoms with Crippen LogP contribution in [0.3, 0.4) is 0 Å². The van der Waals surface area contributed by atoms with Crippen LogP contribution in [0.25, 0.3) is 5.82 Å². The van der Waals surface area contributed by atoms with Crippen LogP contribution < -0.4 is 10.2 Å². The van der Waals surface area contributed by atoms with E-state index in [2.05, 4.69) is 25.5 Å². The van der Waals surface area contributed by atoms with Crippen molar-refractivity contribution in [3.8, 4) is 5.82 Å². The Bertz CT molecular complexity index is 1010. The molecule has 1 aromatic carbocycles. The Morgan fingerprint density at radius 3 is 2.34 bits per heavy atom. The Labute approximate surface area is 174 Å². The molecule has 1 saturated heterocycles. The molecule has 3 heterocycles. The molecule has 29 heavy (non-hydrogen) atoms. The number of benzene rings is 1. The lowest BCUT2D eigenvalue weighted by atomic mass is 10.2. The van der Waals surface area contributed by atoms with Gasteiger partial charge in [-0.1, -0.05) is 17.7 Å². The van der Waals surface area contributed by atoms with Crippen LogP contribution in [-0.4, -0.2) is 57.1 Å². The first-order chi connectivity index (χ1) is 14.0. The molecule has 0 aliphatic carbocycles. The predicted octanol–water partition coefficient (Wildman–Crippen LogP) is 3.29. The van der Waals surface area contributed by atoms with Gasteiger partial charge >= 0.3 is 6.03 Å². The Morgan fingerprint density at radius 1 is 1.00 bits per heavy atom. The number of halogens is 1. The van der Waals surface area contributed by atoms with Crippen molar-refractivity contribution in [3.63, 3.8) is 0 Å². The lowest BCUT2D eigenvalue weighted by Crippen LogP contribution is -2.50. The van der Waals surface area contributed by atoms with Crippen molar-refractivity contribution in [1.29, 1.82) is 0 Å². The van der Waals surface area contributed by atoms with E-state index in [4.69, 9.17) is 11.6 Å². The number of aromatic nitrogens is 4. The van der Waals surface area contributed by atoms with E-state index in [1.807, 2.05) is 56.4 Å². The number of carbonyl (C=O) groups excluding carboxylic acids is 1. The minimum absolute atomic E-state index is 0.147. The molecule has 150 valence electrons. The molecule has 1 aliphatic rings. The highest BCUT2D eigenvalue weighted by molar-refractivity contribution is 6.33. The van der Waals surface area contributed by atoms with Gasteiger partial charge in [0.2, 0.25) is 0 Å². The maximum absolute atomic E-state index is 12.6. The van der Waals surface area contributed by atoms with Gasteiger partial charge in [-0.2, -0.15) is 5.10 Å². The van der Waals surface area contributed by atoms with Crippen LogP contribution >= 0.6 is 11.6 Å². The fourth-order valence-corrected chi connectivity index (χ4v) is 3.49. The second-order valence-electron chi connectivity index (χ2n) is 7.04. The predicted molar refractivity (Wildman–Crippen MR) is 113 cm³/mol. The summed E-state index contributed by atoms with van der Waals surface area (Å²) in [6.07, 6.45) is 1.86. The zero-order valence-corrected chi connectivity index (χ0v) is 17.1. The number of carbonyl (C=O) groups is 1. The molecule has 1 fully saturated rings. The molecule has 2 amide bonds. The highest BCUT2D eigenvalue weighted by Crippen LogP contribution is 2.23. The van der Waals surface area contributed by atoms with E-state index in [9.17, 15) is 4.79 Å². The fourth-order valence-electron chi connectivity index (χ4n) is 3.21. The first-order valence-corrected chi connectivity index (χ1v) is 9.81. The van der Waals surface area contributed by atoms with Crippen molar-refractivity contribution < 1.29 is 4.79 Å². The van der Waals surface area contributed by atoms with Crippen molar-refractivity contribution in [2.24, 2.45) is 0 Å². The van der Waals surface area contributed by atoms with Crippen LogP contribution in [0.15, 0.2) is 42.6 Å².